The first kappa shape index (κ1) is 20.0. The summed E-state index contributed by atoms with van der Waals surface area (Å²) in [6, 6.07) is 7.64. The van der Waals surface area contributed by atoms with E-state index >= 15 is 0 Å². The van der Waals surface area contributed by atoms with Crippen molar-refractivity contribution in [3.8, 4) is 5.69 Å². The molecule has 1 aliphatic heterocycles. The van der Waals surface area contributed by atoms with E-state index in [-0.39, 0.29) is 17.2 Å². The van der Waals surface area contributed by atoms with Gasteiger partial charge in [0.05, 0.1) is 0 Å². The highest BCUT2D eigenvalue weighted by atomic mass is 35.5. The summed E-state index contributed by atoms with van der Waals surface area (Å²) in [6.07, 6.45) is 3.17. The lowest BCUT2D eigenvalue weighted by Gasteiger charge is -2.27. The van der Waals surface area contributed by atoms with Crippen LogP contribution in [-0.4, -0.2) is 32.9 Å². The molecule has 1 saturated heterocycles. The molecule has 0 bridgehead atoms. The third-order valence-corrected chi connectivity index (χ3v) is 5.24. The van der Waals surface area contributed by atoms with Gasteiger partial charge < -0.3 is 4.57 Å². The number of amides is 2. The second-order valence-corrected chi connectivity index (χ2v) is 7.44. The van der Waals surface area contributed by atoms with Gasteiger partial charge in [0.1, 0.15) is 5.57 Å². The smallest absolute Gasteiger partial charge is 0.265 e. The van der Waals surface area contributed by atoms with Crippen molar-refractivity contribution in [3.05, 3.63) is 70.0 Å². The van der Waals surface area contributed by atoms with E-state index in [0.29, 0.717) is 5.02 Å². The molecule has 0 aliphatic carbocycles. The highest BCUT2D eigenvalue weighted by Gasteiger charge is 2.32. The predicted molar refractivity (Wildman–Crippen MR) is 116 cm³/mol. The molecule has 0 radical (unpaired) electrons. The maximum Gasteiger partial charge on any atom is 0.265 e. The number of aryl methyl sites for hydroxylation is 2. The molecule has 1 aromatic carbocycles. The molecule has 28 heavy (non-hydrogen) atoms. The molecule has 0 saturated carbocycles. The van der Waals surface area contributed by atoms with Gasteiger partial charge in [-0.2, -0.15) is 0 Å². The summed E-state index contributed by atoms with van der Waals surface area (Å²) < 4.78 is 2.06. The summed E-state index contributed by atoms with van der Waals surface area (Å²) >= 11 is 11.3. The second-order valence-electron chi connectivity index (χ2n) is 6.61. The lowest BCUT2D eigenvalue weighted by Crippen LogP contribution is -2.53. The van der Waals surface area contributed by atoms with Crippen molar-refractivity contribution in [1.82, 2.24) is 14.8 Å². The number of rotatable bonds is 4. The van der Waals surface area contributed by atoms with Crippen LogP contribution in [0.2, 0.25) is 5.02 Å². The largest absolute Gasteiger partial charge is 0.318 e. The van der Waals surface area contributed by atoms with Gasteiger partial charge in [0.25, 0.3) is 11.8 Å². The van der Waals surface area contributed by atoms with E-state index in [1.807, 2.05) is 45.0 Å². The van der Waals surface area contributed by atoms with E-state index in [1.165, 1.54) is 4.90 Å². The van der Waals surface area contributed by atoms with Crippen LogP contribution in [0.1, 0.15) is 22.5 Å². The first-order valence-corrected chi connectivity index (χ1v) is 9.48. The predicted octanol–water partition coefficient (Wildman–Crippen LogP) is 3.87. The van der Waals surface area contributed by atoms with Gasteiger partial charge in [-0.1, -0.05) is 23.7 Å². The number of benzene rings is 1. The Morgan fingerprint density at radius 2 is 1.93 bits per heavy atom. The molecule has 0 atom stereocenters. The Morgan fingerprint density at radius 1 is 1.21 bits per heavy atom. The van der Waals surface area contributed by atoms with E-state index in [1.54, 1.807) is 12.2 Å². The summed E-state index contributed by atoms with van der Waals surface area (Å²) in [6.45, 7) is 9.78. The lowest BCUT2D eigenvalue weighted by atomic mass is 10.1. The number of halogens is 1. The zero-order valence-electron chi connectivity index (χ0n) is 15.9. The van der Waals surface area contributed by atoms with Crippen molar-refractivity contribution in [2.45, 2.75) is 20.8 Å². The zero-order valence-corrected chi connectivity index (χ0v) is 17.4. The van der Waals surface area contributed by atoms with Gasteiger partial charge in [-0.3, -0.25) is 19.8 Å². The Balaban J connectivity index is 2.09. The minimum absolute atomic E-state index is 0.0403. The van der Waals surface area contributed by atoms with Gasteiger partial charge in [-0.05, 0) is 68.4 Å². The van der Waals surface area contributed by atoms with E-state index < -0.39 is 11.8 Å². The van der Waals surface area contributed by atoms with E-state index in [0.717, 1.165) is 28.2 Å². The number of nitrogens with one attached hydrogen (secondary N) is 1. The van der Waals surface area contributed by atoms with Crippen LogP contribution in [0, 0.1) is 20.8 Å². The van der Waals surface area contributed by atoms with Crippen molar-refractivity contribution < 1.29 is 9.59 Å². The fourth-order valence-electron chi connectivity index (χ4n) is 3.27. The van der Waals surface area contributed by atoms with E-state index in [2.05, 4.69) is 16.5 Å². The molecule has 1 fully saturated rings. The number of hydrogen-bond acceptors (Lipinski definition) is 3. The standard InChI is InChI=1S/C21H20ClN3O2S/c1-5-8-24-20(27)17(19(26)23-21(24)28)10-15-9-13(3)25(14(15)4)18-11-16(22)7-6-12(18)2/h5-7,9-11H,1,8H2,2-4H3,(H,23,26,28)/b17-10-. The summed E-state index contributed by atoms with van der Waals surface area (Å²) in [5.74, 6) is -0.934. The Kier molecular flexibility index (Phi) is 5.54. The fraction of sp³-hybridized carbons (Fsp3) is 0.190. The highest BCUT2D eigenvalue weighted by molar-refractivity contribution is 7.80. The number of thiocarbonyl (C=S) groups is 1. The SMILES string of the molecule is C=CCN1C(=O)/C(=C\c2cc(C)n(-c3cc(Cl)ccc3C)c2C)C(=O)NC1=S. The summed E-state index contributed by atoms with van der Waals surface area (Å²) in [5.41, 5.74) is 4.72. The number of aromatic nitrogens is 1. The van der Waals surface area contributed by atoms with Gasteiger partial charge in [-0.15, -0.1) is 6.58 Å². The minimum Gasteiger partial charge on any atom is -0.318 e. The third-order valence-electron chi connectivity index (χ3n) is 4.68. The summed E-state index contributed by atoms with van der Waals surface area (Å²) in [4.78, 5) is 26.4. The molecule has 2 amide bonds. The van der Waals surface area contributed by atoms with Crippen LogP contribution in [0.25, 0.3) is 11.8 Å². The molecular formula is C21H20ClN3O2S. The lowest BCUT2D eigenvalue weighted by molar-refractivity contribution is -0.128. The van der Waals surface area contributed by atoms with Crippen LogP contribution in [0.15, 0.2) is 42.5 Å². The molecule has 1 N–H and O–H groups in total. The average Bonchev–Trinajstić information content (AvgIpc) is 2.91. The van der Waals surface area contributed by atoms with Crippen LogP contribution >= 0.6 is 23.8 Å². The Hall–Kier alpha value is -2.70. The highest BCUT2D eigenvalue weighted by Crippen LogP contribution is 2.27. The van der Waals surface area contributed by atoms with Crippen molar-refractivity contribution in [2.75, 3.05) is 6.54 Å². The third kappa shape index (κ3) is 3.53. The molecule has 2 aromatic rings. The summed E-state index contributed by atoms with van der Waals surface area (Å²) in [7, 11) is 0. The van der Waals surface area contributed by atoms with E-state index in [4.69, 9.17) is 23.8 Å². The quantitative estimate of drug-likeness (QED) is 0.358. The maximum absolute atomic E-state index is 12.7. The molecule has 1 aromatic heterocycles. The normalized spacial score (nSPS) is 15.9. The molecule has 7 heteroatoms. The van der Waals surface area contributed by atoms with Crippen LogP contribution in [-0.2, 0) is 9.59 Å². The first-order valence-electron chi connectivity index (χ1n) is 8.69. The van der Waals surface area contributed by atoms with Crippen molar-refractivity contribution in [1.29, 1.82) is 0 Å². The van der Waals surface area contributed by atoms with Crippen LogP contribution in [0.5, 0.6) is 0 Å². The molecule has 144 valence electrons. The monoisotopic (exact) mass is 413 g/mol. The van der Waals surface area contributed by atoms with E-state index in [9.17, 15) is 9.59 Å². The van der Waals surface area contributed by atoms with Crippen LogP contribution < -0.4 is 5.32 Å². The summed E-state index contributed by atoms with van der Waals surface area (Å²) in [5, 5.41) is 3.29. The topological polar surface area (TPSA) is 54.3 Å². The van der Waals surface area contributed by atoms with Gasteiger partial charge in [0.2, 0.25) is 0 Å². The molecular weight excluding hydrogens is 394 g/mol. The number of nitrogens with zero attached hydrogens (tertiary/aromatic N) is 2. The molecule has 2 heterocycles. The Labute approximate surface area is 174 Å². The molecule has 0 unspecified atom stereocenters. The van der Waals surface area contributed by atoms with Crippen molar-refractivity contribution in [2.24, 2.45) is 0 Å². The maximum atomic E-state index is 12.7. The fourth-order valence-corrected chi connectivity index (χ4v) is 3.69. The van der Waals surface area contributed by atoms with Crippen molar-refractivity contribution in [3.63, 3.8) is 0 Å². The minimum atomic E-state index is -0.501. The Bertz CT molecular complexity index is 1050. The van der Waals surface area contributed by atoms with Crippen LogP contribution in [0.3, 0.4) is 0 Å². The number of hydrogen-bond donors (Lipinski definition) is 1. The zero-order chi connectivity index (χ0) is 20.6. The first-order chi connectivity index (χ1) is 13.2. The van der Waals surface area contributed by atoms with Gasteiger partial charge in [0.15, 0.2) is 5.11 Å². The second kappa shape index (κ2) is 7.73. The average molecular weight is 414 g/mol. The molecule has 3 rings (SSSR count). The van der Waals surface area contributed by atoms with Gasteiger partial charge in [-0.25, -0.2) is 0 Å². The molecule has 1 aliphatic rings. The molecule has 5 nitrogen and oxygen atoms in total. The number of carbonyl (C=O) groups is 2. The van der Waals surface area contributed by atoms with Gasteiger partial charge >= 0.3 is 0 Å². The Morgan fingerprint density at radius 3 is 2.61 bits per heavy atom. The number of carbonyl (C=O) groups excluding carboxylic acids is 2. The van der Waals surface area contributed by atoms with Crippen molar-refractivity contribution >= 4 is 46.8 Å². The van der Waals surface area contributed by atoms with Crippen LogP contribution in [0.4, 0.5) is 0 Å². The molecule has 0 spiro atoms. The van der Waals surface area contributed by atoms with Gasteiger partial charge in [0, 0.05) is 28.6 Å².